The predicted molar refractivity (Wildman–Crippen MR) is 173 cm³/mol. The Morgan fingerprint density at radius 3 is 2.51 bits per heavy atom. The fourth-order valence-electron chi connectivity index (χ4n) is 9.90. The summed E-state index contributed by atoms with van der Waals surface area (Å²) in [7, 11) is 0. The Bertz CT molecular complexity index is 1520. The molecular formula is C37H47ClN2O3. The van der Waals surface area contributed by atoms with Crippen molar-refractivity contribution in [2.75, 3.05) is 6.54 Å². The van der Waals surface area contributed by atoms with Gasteiger partial charge in [0.25, 0.3) is 0 Å². The van der Waals surface area contributed by atoms with Gasteiger partial charge in [-0.3, -0.25) is 4.79 Å². The van der Waals surface area contributed by atoms with E-state index in [4.69, 9.17) is 11.6 Å². The molecule has 0 aromatic heterocycles. The van der Waals surface area contributed by atoms with E-state index >= 15 is 0 Å². The minimum Gasteiger partial charge on any atom is -0.504 e. The molecule has 0 aliphatic heterocycles. The highest BCUT2D eigenvalue weighted by atomic mass is 35.5. The summed E-state index contributed by atoms with van der Waals surface area (Å²) in [4.78, 5) is 25.9. The van der Waals surface area contributed by atoms with E-state index in [9.17, 15) is 14.7 Å². The van der Waals surface area contributed by atoms with Gasteiger partial charge in [0.15, 0.2) is 5.76 Å². The van der Waals surface area contributed by atoms with Gasteiger partial charge in [-0.05, 0) is 122 Å². The number of aliphatic hydroxyl groups is 1. The van der Waals surface area contributed by atoms with Crippen LogP contribution in [0.25, 0.3) is 0 Å². The first-order chi connectivity index (χ1) is 20.1. The number of fused-ring (bicyclic) bond motifs is 7. The van der Waals surface area contributed by atoms with Gasteiger partial charge in [0.1, 0.15) is 0 Å². The van der Waals surface area contributed by atoms with E-state index in [1.54, 1.807) is 6.08 Å². The molecule has 0 bridgehead atoms. The van der Waals surface area contributed by atoms with Crippen LogP contribution in [0.3, 0.4) is 0 Å². The normalized spacial score (nSPS) is 38.4. The number of rotatable bonds is 4. The molecule has 3 N–H and O–H groups in total. The molecule has 6 atom stereocenters. The molecule has 1 aromatic rings. The number of allylic oxidation sites excluding steroid dienone is 7. The quantitative estimate of drug-likeness (QED) is 0.323. The van der Waals surface area contributed by atoms with Gasteiger partial charge in [0.2, 0.25) is 5.78 Å². The summed E-state index contributed by atoms with van der Waals surface area (Å²) < 4.78 is 0. The molecule has 3 saturated carbocycles. The Balaban J connectivity index is 1.24. The van der Waals surface area contributed by atoms with Crippen molar-refractivity contribution in [1.82, 2.24) is 10.6 Å². The van der Waals surface area contributed by atoms with Gasteiger partial charge in [0.05, 0.1) is 0 Å². The fourth-order valence-corrected chi connectivity index (χ4v) is 10.1. The van der Waals surface area contributed by atoms with Crippen LogP contribution in [0.5, 0.6) is 0 Å². The van der Waals surface area contributed by atoms with Crippen molar-refractivity contribution < 1.29 is 14.7 Å². The average Bonchev–Trinajstić information content (AvgIpc) is 2.95. The van der Waals surface area contributed by atoms with Gasteiger partial charge in [0, 0.05) is 28.1 Å². The first-order valence-corrected chi connectivity index (χ1v) is 16.4. The summed E-state index contributed by atoms with van der Waals surface area (Å²) >= 11 is 6.13. The zero-order valence-corrected chi connectivity index (χ0v) is 27.4. The van der Waals surface area contributed by atoms with Crippen LogP contribution in [0.15, 0.2) is 70.5 Å². The number of carbonyl (C=O) groups is 2. The van der Waals surface area contributed by atoms with Crippen LogP contribution in [0.1, 0.15) is 92.1 Å². The minimum atomic E-state index is -0.280. The summed E-state index contributed by atoms with van der Waals surface area (Å²) in [6.45, 7) is 14.5. The van der Waals surface area contributed by atoms with Crippen LogP contribution in [0.2, 0.25) is 5.02 Å². The van der Waals surface area contributed by atoms with Crippen molar-refractivity contribution in [3.05, 3.63) is 81.1 Å². The molecule has 1 aromatic carbocycles. The summed E-state index contributed by atoms with van der Waals surface area (Å²) in [5, 5.41) is 17.6. The number of urea groups is 1. The van der Waals surface area contributed by atoms with Crippen LogP contribution >= 0.6 is 11.6 Å². The number of carbonyl (C=O) groups excluding carboxylic acids is 2. The maximum absolute atomic E-state index is 13.2. The molecule has 0 unspecified atom stereocenters. The van der Waals surface area contributed by atoms with Gasteiger partial charge in [-0.2, -0.15) is 0 Å². The standard InChI is InChI=1S/C37H47ClN2O3/c1-23-26-10-11-29-35(4,27(26)21-28(41)31(23)42)16-18-37(6)30-22-34(3,15-13-33(30,2)14-17-36(29,37)5)40-32(43)39-19-12-24-8-7-9-25(38)20-24/h7-11,20-21,30,42H,12-19,22H2,1-6H3,(H2,39,40,43)/t30-,33-,34-,35+,36-,37+/m1/s1. The number of halogens is 1. The number of ketones is 1. The Kier molecular flexibility index (Phi) is 7.12. The third-order valence-electron chi connectivity index (χ3n) is 12.9. The lowest BCUT2D eigenvalue weighted by molar-refractivity contribution is -0.152. The van der Waals surface area contributed by atoms with E-state index in [2.05, 4.69) is 57.4 Å². The first kappa shape index (κ1) is 30.2. The average molecular weight is 603 g/mol. The Morgan fingerprint density at radius 2 is 1.77 bits per heavy atom. The molecule has 6 heteroatoms. The molecule has 5 aliphatic rings. The molecule has 0 saturated heterocycles. The summed E-state index contributed by atoms with van der Waals surface area (Å²) in [6, 6.07) is 7.69. The number of hydrogen-bond acceptors (Lipinski definition) is 3. The van der Waals surface area contributed by atoms with Crippen molar-refractivity contribution in [1.29, 1.82) is 0 Å². The van der Waals surface area contributed by atoms with Crippen molar-refractivity contribution in [2.24, 2.45) is 27.6 Å². The van der Waals surface area contributed by atoms with Crippen molar-refractivity contribution in [2.45, 2.75) is 98.4 Å². The van der Waals surface area contributed by atoms with Crippen molar-refractivity contribution >= 4 is 23.4 Å². The second-order valence-electron chi connectivity index (χ2n) is 15.4. The van der Waals surface area contributed by atoms with Crippen molar-refractivity contribution in [3.63, 3.8) is 0 Å². The predicted octanol–water partition coefficient (Wildman–Crippen LogP) is 8.56. The summed E-state index contributed by atoms with van der Waals surface area (Å²) in [6.07, 6.45) is 14.3. The van der Waals surface area contributed by atoms with E-state index < -0.39 is 0 Å². The smallest absolute Gasteiger partial charge is 0.315 e. The molecule has 5 nitrogen and oxygen atoms in total. The molecule has 5 aliphatic carbocycles. The van der Waals surface area contributed by atoms with Gasteiger partial charge < -0.3 is 15.7 Å². The van der Waals surface area contributed by atoms with Gasteiger partial charge in [-0.15, -0.1) is 0 Å². The molecular weight excluding hydrogens is 556 g/mol. The lowest BCUT2D eigenvalue weighted by Gasteiger charge is -2.70. The van der Waals surface area contributed by atoms with Gasteiger partial charge in [-0.1, -0.05) is 69.2 Å². The molecule has 43 heavy (non-hydrogen) atoms. The second-order valence-corrected chi connectivity index (χ2v) is 15.8. The summed E-state index contributed by atoms with van der Waals surface area (Å²) in [5.74, 6) is 0.0489. The minimum absolute atomic E-state index is 0.0370. The second kappa shape index (κ2) is 10.1. The molecule has 0 spiro atoms. The largest absolute Gasteiger partial charge is 0.504 e. The highest BCUT2D eigenvalue weighted by molar-refractivity contribution is 6.30. The Morgan fingerprint density at radius 1 is 1.02 bits per heavy atom. The third-order valence-corrected chi connectivity index (χ3v) is 13.1. The van der Waals surface area contributed by atoms with Crippen LogP contribution in [0.4, 0.5) is 4.79 Å². The Hall–Kier alpha value is -2.79. The first-order valence-electron chi connectivity index (χ1n) is 16.0. The maximum atomic E-state index is 13.2. The number of benzene rings is 1. The van der Waals surface area contributed by atoms with E-state index in [0.29, 0.717) is 23.1 Å². The van der Waals surface area contributed by atoms with E-state index in [0.717, 1.165) is 68.1 Å². The fraction of sp³-hybridized carbons (Fsp3) is 0.568. The number of aliphatic hydroxyl groups excluding tert-OH is 1. The van der Waals surface area contributed by atoms with E-state index in [1.807, 2.05) is 31.2 Å². The van der Waals surface area contributed by atoms with E-state index in [1.165, 1.54) is 5.57 Å². The zero-order valence-electron chi connectivity index (χ0n) is 26.6. The van der Waals surface area contributed by atoms with Crippen LogP contribution in [-0.4, -0.2) is 29.0 Å². The molecule has 0 radical (unpaired) electrons. The van der Waals surface area contributed by atoms with Crippen LogP contribution < -0.4 is 10.6 Å². The topological polar surface area (TPSA) is 78.4 Å². The van der Waals surface area contributed by atoms with Crippen LogP contribution in [-0.2, 0) is 11.2 Å². The maximum Gasteiger partial charge on any atom is 0.315 e. The molecule has 2 amide bonds. The third kappa shape index (κ3) is 4.64. The van der Waals surface area contributed by atoms with Crippen molar-refractivity contribution in [3.8, 4) is 0 Å². The lowest BCUT2D eigenvalue weighted by Crippen LogP contribution is -2.64. The van der Waals surface area contributed by atoms with E-state index in [-0.39, 0.29) is 44.8 Å². The highest BCUT2D eigenvalue weighted by Crippen LogP contribution is 2.75. The van der Waals surface area contributed by atoms with Gasteiger partial charge in [-0.25, -0.2) is 4.79 Å². The number of hydrogen-bond donors (Lipinski definition) is 3. The van der Waals surface area contributed by atoms with Crippen LogP contribution in [0, 0.1) is 27.6 Å². The molecule has 0 heterocycles. The summed E-state index contributed by atoms with van der Waals surface area (Å²) in [5.41, 5.74) is 5.05. The molecule has 6 rings (SSSR count). The molecule has 230 valence electrons. The number of nitrogens with one attached hydrogen (secondary N) is 2. The lowest BCUT2D eigenvalue weighted by atomic mass is 9.35. The number of amides is 2. The SMILES string of the molecule is CC1=C(O)C(=O)C=C2C1=CC=C1[C@@]2(C)CC[C@@]2(C)[C@@H]3C[C@](C)(NC(=O)NCCc4cccc(Cl)c4)CC[C@]3(C)CC[C@]12C. The highest BCUT2D eigenvalue weighted by Gasteiger charge is 2.66. The molecule has 3 fully saturated rings. The Labute approximate surface area is 261 Å². The van der Waals surface area contributed by atoms with Gasteiger partial charge >= 0.3 is 6.03 Å². The monoisotopic (exact) mass is 602 g/mol. The zero-order chi connectivity index (χ0) is 31.0.